The molecule has 0 aliphatic heterocycles. The Hall–Kier alpha value is -2.28. The molecule has 1 fully saturated rings. The van der Waals surface area contributed by atoms with E-state index in [0.29, 0.717) is 17.3 Å². The molecular weight excluding hydrogens is 272 g/mol. The van der Waals surface area contributed by atoms with Gasteiger partial charge in [-0.05, 0) is 25.3 Å². The Kier molecular flexibility index (Phi) is 3.42. The Morgan fingerprint density at radius 1 is 1.48 bits per heavy atom. The van der Waals surface area contributed by atoms with Crippen LogP contribution in [0.3, 0.4) is 0 Å². The van der Waals surface area contributed by atoms with Crippen molar-refractivity contribution in [3.05, 3.63) is 45.3 Å². The Labute approximate surface area is 121 Å². The number of nitro benzene ring substituents is 1. The van der Waals surface area contributed by atoms with Gasteiger partial charge in [0.2, 0.25) is 0 Å². The Morgan fingerprint density at radius 3 is 2.81 bits per heavy atom. The minimum atomic E-state index is -0.421. The van der Waals surface area contributed by atoms with Crippen LogP contribution in [-0.4, -0.2) is 25.0 Å². The molecule has 0 saturated heterocycles. The van der Waals surface area contributed by atoms with Gasteiger partial charge in [-0.15, -0.1) is 5.10 Å². The molecule has 1 N–H and O–H groups in total. The summed E-state index contributed by atoms with van der Waals surface area (Å²) in [5.41, 5.74) is 3.00. The van der Waals surface area contributed by atoms with Gasteiger partial charge in [-0.25, -0.2) is 4.68 Å². The van der Waals surface area contributed by atoms with E-state index in [1.54, 1.807) is 10.7 Å². The molecule has 1 heterocycles. The average Bonchev–Trinajstić information content (AvgIpc) is 2.80. The van der Waals surface area contributed by atoms with Crippen LogP contribution in [0.15, 0.2) is 18.2 Å². The van der Waals surface area contributed by atoms with E-state index in [1.165, 1.54) is 12.1 Å². The fraction of sp³-hybridized carbons (Fsp3) is 0.429. The third-order valence-electron chi connectivity index (χ3n) is 4.05. The van der Waals surface area contributed by atoms with Gasteiger partial charge in [-0.1, -0.05) is 17.7 Å². The van der Waals surface area contributed by atoms with Crippen LogP contribution in [0.1, 0.15) is 42.1 Å². The lowest BCUT2D eigenvalue weighted by Crippen LogP contribution is -2.16. The molecule has 110 valence electrons. The van der Waals surface area contributed by atoms with E-state index >= 15 is 0 Å². The fourth-order valence-electron chi connectivity index (χ4n) is 2.64. The molecule has 0 amide bonds. The van der Waals surface area contributed by atoms with E-state index in [1.807, 2.05) is 6.92 Å². The highest BCUT2D eigenvalue weighted by Crippen LogP contribution is 2.39. The third kappa shape index (κ3) is 2.29. The van der Waals surface area contributed by atoms with Crippen molar-refractivity contribution >= 4 is 5.69 Å². The number of aliphatic hydroxyl groups excluding tert-OH is 1. The first-order valence-electron chi connectivity index (χ1n) is 6.92. The van der Waals surface area contributed by atoms with Crippen molar-refractivity contribution in [2.45, 2.75) is 38.7 Å². The maximum Gasteiger partial charge on any atom is 0.271 e. The van der Waals surface area contributed by atoms with E-state index in [2.05, 4.69) is 10.3 Å². The average molecular weight is 288 g/mol. The number of nitro groups is 1. The summed E-state index contributed by atoms with van der Waals surface area (Å²) in [4.78, 5) is 10.5. The Morgan fingerprint density at radius 2 is 2.24 bits per heavy atom. The molecule has 1 aliphatic rings. The number of rotatable bonds is 4. The van der Waals surface area contributed by atoms with Crippen LogP contribution in [0.25, 0.3) is 5.69 Å². The first-order chi connectivity index (χ1) is 10.1. The summed E-state index contributed by atoms with van der Waals surface area (Å²) in [7, 11) is 0. The first-order valence-corrected chi connectivity index (χ1v) is 6.92. The number of aryl methyl sites for hydroxylation is 1. The van der Waals surface area contributed by atoms with E-state index in [9.17, 15) is 15.2 Å². The highest BCUT2D eigenvalue weighted by molar-refractivity contribution is 5.49. The van der Waals surface area contributed by atoms with Crippen LogP contribution < -0.4 is 0 Å². The van der Waals surface area contributed by atoms with E-state index < -0.39 is 4.92 Å². The number of aromatic nitrogens is 3. The normalized spacial score (nSPS) is 15.0. The highest BCUT2D eigenvalue weighted by atomic mass is 16.6. The standard InChI is InChI=1S/C14H16N4O3/c1-9-5-6-11(18(20)21)7-13(9)17-14(10-3-2-4-10)12(8-19)15-16-17/h5-7,10,19H,2-4,8H2,1H3. The number of hydrogen-bond donors (Lipinski definition) is 1. The summed E-state index contributed by atoms with van der Waals surface area (Å²) >= 11 is 0. The summed E-state index contributed by atoms with van der Waals surface area (Å²) < 4.78 is 1.65. The number of hydrogen-bond acceptors (Lipinski definition) is 5. The van der Waals surface area contributed by atoms with Crippen molar-refractivity contribution in [3.63, 3.8) is 0 Å². The van der Waals surface area contributed by atoms with Gasteiger partial charge in [0.05, 0.1) is 22.9 Å². The second-order valence-electron chi connectivity index (χ2n) is 5.35. The number of non-ortho nitro benzene ring substituents is 1. The van der Waals surface area contributed by atoms with Crippen molar-refractivity contribution in [2.24, 2.45) is 0 Å². The Balaban J connectivity index is 2.14. The molecule has 7 heteroatoms. The summed E-state index contributed by atoms with van der Waals surface area (Å²) in [5.74, 6) is 0.320. The molecule has 0 bridgehead atoms. The molecular formula is C14H16N4O3. The van der Waals surface area contributed by atoms with Gasteiger partial charge in [0, 0.05) is 18.1 Å². The molecule has 1 saturated carbocycles. The molecule has 2 aromatic rings. The lowest BCUT2D eigenvalue weighted by Gasteiger charge is -2.26. The zero-order valence-electron chi connectivity index (χ0n) is 11.7. The summed E-state index contributed by atoms with van der Waals surface area (Å²) in [6.07, 6.45) is 3.22. The smallest absolute Gasteiger partial charge is 0.271 e. The van der Waals surface area contributed by atoms with Crippen LogP contribution in [0.2, 0.25) is 0 Å². The zero-order valence-corrected chi connectivity index (χ0v) is 11.7. The second kappa shape index (κ2) is 5.25. The lowest BCUT2D eigenvalue weighted by molar-refractivity contribution is -0.384. The number of aliphatic hydroxyl groups is 1. The van der Waals surface area contributed by atoms with Gasteiger partial charge in [-0.2, -0.15) is 0 Å². The van der Waals surface area contributed by atoms with Crippen molar-refractivity contribution < 1.29 is 10.0 Å². The predicted molar refractivity (Wildman–Crippen MR) is 75.3 cm³/mol. The van der Waals surface area contributed by atoms with Gasteiger partial charge < -0.3 is 5.11 Å². The maximum atomic E-state index is 11.0. The van der Waals surface area contributed by atoms with Gasteiger partial charge in [0.1, 0.15) is 5.69 Å². The van der Waals surface area contributed by atoms with Crippen LogP contribution in [0.4, 0.5) is 5.69 Å². The quantitative estimate of drug-likeness (QED) is 0.687. The monoisotopic (exact) mass is 288 g/mol. The van der Waals surface area contributed by atoms with Crippen LogP contribution in [0, 0.1) is 17.0 Å². The highest BCUT2D eigenvalue weighted by Gasteiger charge is 2.28. The summed E-state index contributed by atoms with van der Waals surface area (Å²) in [6.45, 7) is 1.71. The zero-order chi connectivity index (χ0) is 15.0. The summed E-state index contributed by atoms with van der Waals surface area (Å²) in [6, 6.07) is 4.69. The van der Waals surface area contributed by atoms with Gasteiger partial charge >= 0.3 is 0 Å². The van der Waals surface area contributed by atoms with Crippen LogP contribution in [-0.2, 0) is 6.61 Å². The van der Waals surface area contributed by atoms with E-state index in [0.717, 1.165) is 30.5 Å². The van der Waals surface area contributed by atoms with Gasteiger partial charge in [-0.3, -0.25) is 10.1 Å². The first kappa shape index (κ1) is 13.7. The number of benzene rings is 1. The van der Waals surface area contributed by atoms with Gasteiger partial charge in [0.25, 0.3) is 5.69 Å². The van der Waals surface area contributed by atoms with Crippen molar-refractivity contribution in [1.29, 1.82) is 0 Å². The molecule has 1 aliphatic carbocycles. The second-order valence-corrected chi connectivity index (χ2v) is 5.35. The minimum Gasteiger partial charge on any atom is -0.390 e. The minimum absolute atomic E-state index is 0.0243. The molecule has 1 aromatic heterocycles. The largest absolute Gasteiger partial charge is 0.390 e. The van der Waals surface area contributed by atoms with Crippen LogP contribution in [0.5, 0.6) is 0 Å². The van der Waals surface area contributed by atoms with Crippen molar-refractivity contribution in [3.8, 4) is 5.69 Å². The Bertz CT molecular complexity index is 692. The third-order valence-corrected chi connectivity index (χ3v) is 4.05. The van der Waals surface area contributed by atoms with E-state index in [4.69, 9.17) is 0 Å². The molecule has 1 aromatic carbocycles. The molecule has 3 rings (SSSR count). The van der Waals surface area contributed by atoms with E-state index in [-0.39, 0.29) is 12.3 Å². The van der Waals surface area contributed by atoms with Crippen molar-refractivity contribution in [2.75, 3.05) is 0 Å². The van der Waals surface area contributed by atoms with Crippen LogP contribution >= 0.6 is 0 Å². The summed E-state index contributed by atoms with van der Waals surface area (Å²) in [5, 5.41) is 28.5. The van der Waals surface area contributed by atoms with Gasteiger partial charge in [0.15, 0.2) is 0 Å². The molecule has 21 heavy (non-hydrogen) atoms. The molecule has 0 atom stereocenters. The predicted octanol–water partition coefficient (Wildman–Crippen LogP) is 2.24. The topological polar surface area (TPSA) is 94.1 Å². The maximum absolute atomic E-state index is 11.0. The molecule has 0 radical (unpaired) electrons. The molecule has 7 nitrogen and oxygen atoms in total. The fourth-order valence-corrected chi connectivity index (χ4v) is 2.64. The SMILES string of the molecule is Cc1ccc([N+](=O)[O-])cc1-n1nnc(CO)c1C1CCC1. The van der Waals surface area contributed by atoms with Crippen molar-refractivity contribution in [1.82, 2.24) is 15.0 Å². The lowest BCUT2D eigenvalue weighted by atomic mass is 9.82. The molecule has 0 unspecified atom stereocenters. The number of nitrogens with zero attached hydrogens (tertiary/aromatic N) is 4. The molecule has 0 spiro atoms.